The molecule has 2 aliphatic heterocycles. The predicted octanol–water partition coefficient (Wildman–Crippen LogP) is 2.96. The first-order valence-corrected chi connectivity index (χ1v) is 11.1. The summed E-state index contributed by atoms with van der Waals surface area (Å²) in [5, 5.41) is 10.5. The van der Waals surface area contributed by atoms with Crippen molar-refractivity contribution in [2.75, 3.05) is 18.4 Å². The van der Waals surface area contributed by atoms with Gasteiger partial charge in [-0.25, -0.2) is 0 Å². The number of carbonyl (C=O) groups is 2. The Hall–Kier alpha value is -3.45. The first-order valence-electron chi connectivity index (χ1n) is 11.1. The number of hydrogen-bond donors (Lipinski definition) is 2. The van der Waals surface area contributed by atoms with Gasteiger partial charge >= 0.3 is 0 Å². The van der Waals surface area contributed by atoms with Gasteiger partial charge < -0.3 is 10.2 Å². The lowest BCUT2D eigenvalue weighted by Crippen LogP contribution is -2.31. The van der Waals surface area contributed by atoms with Crippen molar-refractivity contribution in [2.24, 2.45) is 5.92 Å². The van der Waals surface area contributed by atoms with E-state index in [2.05, 4.69) is 44.7 Å². The van der Waals surface area contributed by atoms with Gasteiger partial charge in [0.15, 0.2) is 5.82 Å². The lowest BCUT2D eigenvalue weighted by molar-refractivity contribution is -0.128. The van der Waals surface area contributed by atoms with Crippen LogP contribution in [0.5, 0.6) is 0 Å². The summed E-state index contributed by atoms with van der Waals surface area (Å²) in [5.74, 6) is 0.152. The van der Waals surface area contributed by atoms with Crippen LogP contribution >= 0.6 is 0 Å². The molecule has 7 heteroatoms. The zero-order valence-electron chi connectivity index (χ0n) is 18.0. The molecule has 2 amide bonds. The predicted molar refractivity (Wildman–Crippen MR) is 121 cm³/mol. The first-order chi connectivity index (χ1) is 15.7. The minimum Gasteiger partial charge on any atom is -0.338 e. The highest BCUT2D eigenvalue weighted by molar-refractivity contribution is 5.97. The Labute approximate surface area is 187 Å². The van der Waals surface area contributed by atoms with Crippen LogP contribution < -0.4 is 5.32 Å². The summed E-state index contributed by atoms with van der Waals surface area (Å²) in [5.41, 5.74) is 4.49. The molecule has 0 radical (unpaired) electrons. The lowest BCUT2D eigenvalue weighted by atomic mass is 10.0. The molecule has 1 unspecified atom stereocenters. The molecule has 1 atom stereocenters. The number of benzene rings is 2. The molecule has 2 aliphatic rings. The van der Waals surface area contributed by atoms with Crippen molar-refractivity contribution >= 4 is 17.6 Å². The second-order valence-electron chi connectivity index (χ2n) is 8.63. The number of amides is 2. The molecule has 1 saturated heterocycles. The van der Waals surface area contributed by atoms with Crippen molar-refractivity contribution in [3.8, 4) is 0 Å². The molecular weight excluding hydrogens is 402 g/mol. The largest absolute Gasteiger partial charge is 0.338 e. The van der Waals surface area contributed by atoms with E-state index >= 15 is 0 Å². The Balaban J connectivity index is 1.19. The third kappa shape index (κ3) is 4.43. The number of aromatic nitrogens is 2. The zero-order valence-corrected chi connectivity index (χ0v) is 18.0. The van der Waals surface area contributed by atoms with Crippen LogP contribution in [0, 0.1) is 5.92 Å². The zero-order chi connectivity index (χ0) is 21.9. The molecule has 3 heterocycles. The summed E-state index contributed by atoms with van der Waals surface area (Å²) in [4.78, 5) is 29.5. The number of nitrogens with one attached hydrogen (secondary N) is 2. The Kier molecular flexibility index (Phi) is 5.73. The molecule has 2 N–H and O–H groups in total. The summed E-state index contributed by atoms with van der Waals surface area (Å²) in [6.07, 6.45) is 1.08. The van der Waals surface area contributed by atoms with Crippen LogP contribution in [0.2, 0.25) is 0 Å². The average Bonchev–Trinajstić information content (AvgIpc) is 3.38. The van der Waals surface area contributed by atoms with Gasteiger partial charge in [0, 0.05) is 44.7 Å². The highest BCUT2D eigenvalue weighted by atomic mass is 16.2. The number of hydrogen-bond acceptors (Lipinski definition) is 4. The smallest absolute Gasteiger partial charge is 0.231 e. The number of anilines is 1. The van der Waals surface area contributed by atoms with Crippen LogP contribution in [-0.4, -0.2) is 44.9 Å². The minimum atomic E-state index is -0.350. The second kappa shape index (κ2) is 8.96. The summed E-state index contributed by atoms with van der Waals surface area (Å²) in [7, 11) is 0. The third-order valence-corrected chi connectivity index (χ3v) is 6.30. The van der Waals surface area contributed by atoms with E-state index in [1.165, 1.54) is 5.56 Å². The Morgan fingerprint density at radius 2 is 1.72 bits per heavy atom. The summed E-state index contributed by atoms with van der Waals surface area (Å²) in [6.45, 7) is 3.56. The van der Waals surface area contributed by atoms with E-state index in [1.54, 1.807) is 4.90 Å². The Morgan fingerprint density at radius 1 is 1.03 bits per heavy atom. The fourth-order valence-corrected chi connectivity index (χ4v) is 4.58. The van der Waals surface area contributed by atoms with Crippen molar-refractivity contribution in [3.05, 3.63) is 83.0 Å². The number of fused-ring (bicyclic) bond motifs is 1. The van der Waals surface area contributed by atoms with Crippen LogP contribution in [0.3, 0.4) is 0 Å². The number of H-pyrrole nitrogens is 1. The Bertz CT molecular complexity index is 1100. The van der Waals surface area contributed by atoms with Crippen molar-refractivity contribution in [3.63, 3.8) is 0 Å². The van der Waals surface area contributed by atoms with Crippen LogP contribution in [0.15, 0.2) is 60.7 Å². The van der Waals surface area contributed by atoms with Gasteiger partial charge in [0.05, 0.1) is 11.6 Å². The second-order valence-corrected chi connectivity index (χ2v) is 8.63. The standard InChI is InChI=1S/C25H27N5O2/c31-23-13-20(16-30(23)15-19-9-5-2-6-10-19)25(32)26-24-21-11-12-29(17-22(21)27-28-24)14-18-7-3-1-4-8-18/h1-10,20H,11-17H2,(H2,26,27,28,32). The molecule has 164 valence electrons. The van der Waals surface area contributed by atoms with E-state index in [0.29, 0.717) is 18.9 Å². The fraction of sp³-hybridized carbons (Fsp3) is 0.320. The summed E-state index contributed by atoms with van der Waals surface area (Å²) < 4.78 is 0. The van der Waals surface area contributed by atoms with Crippen molar-refractivity contribution in [2.45, 2.75) is 32.5 Å². The highest BCUT2D eigenvalue weighted by Gasteiger charge is 2.35. The van der Waals surface area contributed by atoms with Crippen LogP contribution in [0.4, 0.5) is 5.82 Å². The molecule has 0 aliphatic carbocycles. The molecule has 0 bridgehead atoms. The fourth-order valence-electron chi connectivity index (χ4n) is 4.58. The molecule has 2 aromatic carbocycles. The van der Waals surface area contributed by atoms with Crippen LogP contribution in [-0.2, 0) is 35.6 Å². The highest BCUT2D eigenvalue weighted by Crippen LogP contribution is 2.27. The maximum Gasteiger partial charge on any atom is 0.231 e. The average molecular weight is 430 g/mol. The monoisotopic (exact) mass is 429 g/mol. The van der Waals surface area contributed by atoms with Gasteiger partial charge in [-0.2, -0.15) is 5.10 Å². The summed E-state index contributed by atoms with van der Waals surface area (Å²) >= 11 is 0. The van der Waals surface area contributed by atoms with Gasteiger partial charge in [-0.15, -0.1) is 0 Å². The van der Waals surface area contributed by atoms with E-state index in [9.17, 15) is 9.59 Å². The number of likely N-dealkylation sites (tertiary alicyclic amines) is 1. The van der Waals surface area contributed by atoms with Crippen molar-refractivity contribution < 1.29 is 9.59 Å². The van der Waals surface area contributed by atoms with E-state index in [-0.39, 0.29) is 24.2 Å². The minimum absolute atomic E-state index is 0.0228. The maximum atomic E-state index is 12.9. The van der Waals surface area contributed by atoms with Gasteiger partial charge in [-0.3, -0.25) is 19.6 Å². The molecule has 7 nitrogen and oxygen atoms in total. The molecule has 1 aromatic heterocycles. The van der Waals surface area contributed by atoms with Crippen molar-refractivity contribution in [1.82, 2.24) is 20.0 Å². The maximum absolute atomic E-state index is 12.9. The van der Waals surface area contributed by atoms with Crippen LogP contribution in [0.1, 0.15) is 28.8 Å². The van der Waals surface area contributed by atoms with Gasteiger partial charge in [0.25, 0.3) is 0 Å². The summed E-state index contributed by atoms with van der Waals surface area (Å²) in [6, 6.07) is 20.3. The quantitative estimate of drug-likeness (QED) is 0.631. The van der Waals surface area contributed by atoms with Crippen molar-refractivity contribution in [1.29, 1.82) is 0 Å². The molecule has 0 spiro atoms. The van der Waals surface area contributed by atoms with Gasteiger partial charge in [0.1, 0.15) is 0 Å². The Morgan fingerprint density at radius 3 is 2.44 bits per heavy atom. The SMILES string of the molecule is O=C(Nc1n[nH]c2c1CCN(Cc1ccccc1)C2)C1CC(=O)N(Cc2ccccc2)C1. The lowest BCUT2D eigenvalue weighted by Gasteiger charge is -2.26. The first kappa shape index (κ1) is 20.5. The van der Waals surface area contributed by atoms with E-state index in [0.717, 1.165) is 42.9 Å². The van der Waals surface area contributed by atoms with Gasteiger partial charge in [-0.1, -0.05) is 60.7 Å². The number of nitrogens with zero attached hydrogens (tertiary/aromatic N) is 3. The van der Waals surface area contributed by atoms with Gasteiger partial charge in [-0.05, 0) is 17.5 Å². The molecule has 32 heavy (non-hydrogen) atoms. The van der Waals surface area contributed by atoms with Gasteiger partial charge in [0.2, 0.25) is 11.8 Å². The molecule has 3 aromatic rings. The molecule has 1 fully saturated rings. The molecular formula is C25H27N5O2. The molecule has 0 saturated carbocycles. The topological polar surface area (TPSA) is 81.3 Å². The van der Waals surface area contributed by atoms with Crippen LogP contribution in [0.25, 0.3) is 0 Å². The number of aromatic amines is 1. The number of carbonyl (C=O) groups excluding carboxylic acids is 2. The normalized spacial score (nSPS) is 18.6. The third-order valence-electron chi connectivity index (χ3n) is 6.30. The molecule has 5 rings (SSSR count). The van der Waals surface area contributed by atoms with E-state index in [1.807, 2.05) is 36.4 Å². The number of rotatable bonds is 6. The van der Waals surface area contributed by atoms with E-state index in [4.69, 9.17) is 0 Å². The van der Waals surface area contributed by atoms with E-state index < -0.39 is 0 Å².